The Morgan fingerprint density at radius 3 is 2.69 bits per heavy atom. The third kappa shape index (κ3) is 4.46. The molecule has 4 rings (SSSR count). The van der Waals surface area contributed by atoms with Gasteiger partial charge < -0.3 is 14.3 Å². The Morgan fingerprint density at radius 1 is 1.31 bits per heavy atom. The topological polar surface area (TPSA) is 117 Å². The first-order chi connectivity index (χ1) is 16.6. The van der Waals surface area contributed by atoms with E-state index in [0.717, 1.165) is 34.1 Å². The number of carboxylic acids is 1. The van der Waals surface area contributed by atoms with Gasteiger partial charge in [-0.3, -0.25) is 9.36 Å². The van der Waals surface area contributed by atoms with Crippen molar-refractivity contribution in [3.8, 4) is 16.5 Å². The lowest BCUT2D eigenvalue weighted by atomic mass is 10.1. The van der Waals surface area contributed by atoms with Crippen LogP contribution in [0.2, 0.25) is 0 Å². The molecule has 4 aromatic rings. The van der Waals surface area contributed by atoms with Crippen LogP contribution in [0.4, 0.5) is 13.2 Å². The fourth-order valence-electron chi connectivity index (χ4n) is 3.74. The zero-order chi connectivity index (χ0) is 25.4. The van der Waals surface area contributed by atoms with E-state index in [-0.39, 0.29) is 40.4 Å². The van der Waals surface area contributed by atoms with E-state index < -0.39 is 35.7 Å². The van der Waals surface area contributed by atoms with Crippen molar-refractivity contribution < 1.29 is 32.2 Å². The number of hydrogen-bond donors (Lipinski definition) is 1. The molecule has 0 aliphatic carbocycles. The number of thiophene rings is 1. The van der Waals surface area contributed by atoms with Gasteiger partial charge in [-0.25, -0.2) is 23.5 Å². The summed E-state index contributed by atoms with van der Waals surface area (Å²) in [5.74, 6) is -2.14. The number of benzene rings is 1. The van der Waals surface area contributed by atoms with Crippen molar-refractivity contribution in [1.29, 1.82) is 0 Å². The van der Waals surface area contributed by atoms with Crippen molar-refractivity contribution in [1.82, 2.24) is 14.1 Å². The van der Waals surface area contributed by atoms with Crippen LogP contribution in [-0.4, -0.2) is 31.8 Å². The number of nitrogens with zero attached hydrogens (tertiary/aromatic N) is 3. The average Bonchev–Trinajstić information content (AvgIpc) is 3.43. The number of fused-ring (bicyclic) bond motifs is 1. The van der Waals surface area contributed by atoms with E-state index in [1.54, 1.807) is 6.92 Å². The molecule has 1 N–H and O–H groups in total. The standard InChI is InChI=1S/C22H18F3N3O6S/c1-10-15-18(29)28(11(2)20(30)31)22(32)27(19(15)35-16(10)17-26-6-8-33-17)7-5-12-9-13(23)3-4-14(12)34-21(24)25/h3-4,6,8-9,11,21H,5,7H2,1-2H3,(H,30,31). The van der Waals surface area contributed by atoms with Gasteiger partial charge in [0.2, 0.25) is 5.89 Å². The van der Waals surface area contributed by atoms with E-state index >= 15 is 0 Å². The number of alkyl halides is 2. The smallest absolute Gasteiger partial charge is 0.387 e. The quantitative estimate of drug-likeness (QED) is 0.384. The van der Waals surface area contributed by atoms with E-state index in [2.05, 4.69) is 9.72 Å². The minimum absolute atomic E-state index is 0.0654. The van der Waals surface area contributed by atoms with E-state index in [1.807, 2.05) is 0 Å². The molecule has 0 saturated heterocycles. The first-order valence-corrected chi connectivity index (χ1v) is 11.1. The molecule has 1 unspecified atom stereocenters. The summed E-state index contributed by atoms with van der Waals surface area (Å²) in [6, 6.07) is 1.54. The van der Waals surface area contributed by atoms with E-state index in [0.29, 0.717) is 15.0 Å². The number of aryl methyl sites for hydroxylation is 3. The molecule has 0 bridgehead atoms. The van der Waals surface area contributed by atoms with Gasteiger partial charge in [-0.2, -0.15) is 8.78 Å². The summed E-state index contributed by atoms with van der Waals surface area (Å²) in [7, 11) is 0. The van der Waals surface area contributed by atoms with Crippen molar-refractivity contribution in [3.63, 3.8) is 0 Å². The van der Waals surface area contributed by atoms with Crippen LogP contribution in [0.5, 0.6) is 5.75 Å². The van der Waals surface area contributed by atoms with Crippen molar-refractivity contribution in [2.45, 2.75) is 39.5 Å². The zero-order valence-corrected chi connectivity index (χ0v) is 19.1. The van der Waals surface area contributed by atoms with Crippen molar-refractivity contribution in [2.75, 3.05) is 0 Å². The maximum Gasteiger partial charge on any atom is 0.387 e. The number of carboxylic acid groups (broad SMARTS) is 1. The summed E-state index contributed by atoms with van der Waals surface area (Å²) in [5.41, 5.74) is -1.21. The number of rotatable bonds is 8. The van der Waals surface area contributed by atoms with E-state index in [1.165, 1.54) is 19.4 Å². The minimum atomic E-state index is -3.14. The molecule has 1 atom stereocenters. The zero-order valence-electron chi connectivity index (χ0n) is 18.3. The van der Waals surface area contributed by atoms with Crippen molar-refractivity contribution >= 4 is 27.5 Å². The maximum atomic E-state index is 13.8. The molecule has 0 spiro atoms. The van der Waals surface area contributed by atoms with Gasteiger partial charge in [-0.1, -0.05) is 0 Å². The summed E-state index contributed by atoms with van der Waals surface area (Å²) in [4.78, 5) is 42.9. The Bertz CT molecular complexity index is 1520. The monoisotopic (exact) mass is 509 g/mol. The molecule has 0 amide bonds. The van der Waals surface area contributed by atoms with E-state index in [4.69, 9.17) is 4.42 Å². The summed E-state index contributed by atoms with van der Waals surface area (Å²) in [6.07, 6.45) is 2.62. The lowest BCUT2D eigenvalue weighted by Crippen LogP contribution is -2.43. The number of aromatic nitrogens is 3. The Kier molecular flexibility index (Phi) is 6.52. The Hall–Kier alpha value is -3.87. The van der Waals surface area contributed by atoms with Crippen LogP contribution in [0, 0.1) is 12.7 Å². The predicted octanol–water partition coefficient (Wildman–Crippen LogP) is 3.82. The van der Waals surface area contributed by atoms with Gasteiger partial charge >= 0.3 is 18.3 Å². The van der Waals surface area contributed by atoms with Crippen LogP contribution >= 0.6 is 11.3 Å². The molecule has 0 aliphatic rings. The number of oxazole rings is 1. The molecular formula is C22H18F3N3O6S. The molecular weight excluding hydrogens is 491 g/mol. The Morgan fingerprint density at radius 2 is 2.06 bits per heavy atom. The SMILES string of the molecule is Cc1c(-c2ncco2)sc2c1c(=O)n(C(C)C(=O)O)c(=O)n2CCc1cc(F)ccc1OC(F)F. The Balaban J connectivity index is 1.91. The summed E-state index contributed by atoms with van der Waals surface area (Å²) < 4.78 is 51.0. The predicted molar refractivity (Wildman–Crippen MR) is 120 cm³/mol. The van der Waals surface area contributed by atoms with Crippen LogP contribution in [0.1, 0.15) is 24.1 Å². The van der Waals surface area contributed by atoms with Crippen LogP contribution in [-0.2, 0) is 17.8 Å². The lowest BCUT2D eigenvalue weighted by molar-refractivity contribution is -0.140. The molecule has 1 aromatic carbocycles. The number of ether oxygens (including phenoxy) is 1. The second-order valence-electron chi connectivity index (χ2n) is 7.58. The van der Waals surface area contributed by atoms with Gasteiger partial charge in [0.15, 0.2) is 0 Å². The highest BCUT2D eigenvalue weighted by Gasteiger charge is 2.26. The first-order valence-electron chi connectivity index (χ1n) is 10.2. The molecule has 0 saturated carbocycles. The molecule has 0 fully saturated rings. The summed E-state index contributed by atoms with van der Waals surface area (Å²) in [5, 5.41) is 9.57. The van der Waals surface area contributed by atoms with Crippen LogP contribution in [0.15, 0.2) is 44.7 Å². The second kappa shape index (κ2) is 9.41. The highest BCUT2D eigenvalue weighted by molar-refractivity contribution is 7.22. The fraction of sp³-hybridized carbons (Fsp3) is 0.273. The highest BCUT2D eigenvalue weighted by atomic mass is 32.1. The number of aliphatic carboxylic acids is 1. The number of carbonyl (C=O) groups is 1. The summed E-state index contributed by atoms with van der Waals surface area (Å²) >= 11 is 1.04. The third-order valence-electron chi connectivity index (χ3n) is 5.46. The Labute approximate surface area is 198 Å². The molecule has 0 radical (unpaired) electrons. The van der Waals surface area contributed by atoms with Crippen molar-refractivity contribution in [2.24, 2.45) is 0 Å². The van der Waals surface area contributed by atoms with Gasteiger partial charge in [-0.15, -0.1) is 11.3 Å². The number of halogens is 3. The van der Waals surface area contributed by atoms with Crippen LogP contribution < -0.4 is 16.0 Å². The molecule has 3 aromatic heterocycles. The van der Waals surface area contributed by atoms with Crippen LogP contribution in [0.25, 0.3) is 21.0 Å². The number of hydrogen-bond acceptors (Lipinski definition) is 7. The maximum absolute atomic E-state index is 13.8. The molecule has 184 valence electrons. The van der Waals surface area contributed by atoms with E-state index in [9.17, 15) is 32.7 Å². The minimum Gasteiger partial charge on any atom is -0.480 e. The van der Waals surface area contributed by atoms with Gasteiger partial charge in [-0.05, 0) is 49.6 Å². The molecule has 3 heterocycles. The fourth-order valence-corrected chi connectivity index (χ4v) is 5.00. The average molecular weight is 509 g/mol. The summed E-state index contributed by atoms with van der Waals surface area (Å²) in [6.45, 7) is -0.518. The molecule has 13 heteroatoms. The highest BCUT2D eigenvalue weighted by Crippen LogP contribution is 2.35. The van der Waals surface area contributed by atoms with Gasteiger partial charge in [0, 0.05) is 6.54 Å². The van der Waals surface area contributed by atoms with Gasteiger partial charge in [0.1, 0.15) is 28.7 Å². The lowest BCUT2D eigenvalue weighted by Gasteiger charge is -2.16. The molecule has 0 aliphatic heterocycles. The first kappa shape index (κ1) is 24.3. The normalized spacial score (nSPS) is 12.4. The third-order valence-corrected chi connectivity index (χ3v) is 6.76. The van der Waals surface area contributed by atoms with Crippen molar-refractivity contribution in [3.05, 3.63) is 68.4 Å². The molecule has 35 heavy (non-hydrogen) atoms. The largest absolute Gasteiger partial charge is 0.480 e. The van der Waals surface area contributed by atoms with Crippen LogP contribution in [0.3, 0.4) is 0 Å². The molecule has 9 nitrogen and oxygen atoms in total. The van der Waals surface area contributed by atoms with Gasteiger partial charge in [0.25, 0.3) is 5.56 Å². The second-order valence-corrected chi connectivity index (χ2v) is 8.58. The van der Waals surface area contributed by atoms with Gasteiger partial charge in [0.05, 0.1) is 16.5 Å².